The van der Waals surface area contributed by atoms with E-state index < -0.39 is 0 Å². The van der Waals surface area contributed by atoms with Crippen LogP contribution in [0.2, 0.25) is 0 Å². The Morgan fingerprint density at radius 1 is 1.03 bits per heavy atom. The molecule has 4 rings (SSSR count). The highest BCUT2D eigenvalue weighted by Crippen LogP contribution is 2.32. The maximum atomic E-state index is 13.2. The van der Waals surface area contributed by atoms with Crippen molar-refractivity contribution in [2.75, 3.05) is 10.7 Å². The van der Waals surface area contributed by atoms with Gasteiger partial charge in [-0.15, -0.1) is 11.8 Å². The number of thioether (sulfide) groups is 1. The molecule has 30 heavy (non-hydrogen) atoms. The fraction of sp³-hybridized carbons (Fsp3) is 0.167. The lowest BCUT2D eigenvalue weighted by atomic mass is 10.2. The van der Waals surface area contributed by atoms with Crippen molar-refractivity contribution in [1.82, 2.24) is 4.98 Å². The summed E-state index contributed by atoms with van der Waals surface area (Å²) in [7, 11) is 0. The summed E-state index contributed by atoms with van der Waals surface area (Å²) in [5.74, 6) is 0.403. The van der Waals surface area contributed by atoms with Gasteiger partial charge in [0.25, 0.3) is 0 Å². The van der Waals surface area contributed by atoms with Gasteiger partial charge < -0.3 is 0 Å². The summed E-state index contributed by atoms with van der Waals surface area (Å²) in [4.78, 5) is 20.7. The molecule has 3 nitrogen and oxygen atoms in total. The minimum atomic E-state index is -0.254. The molecule has 1 heterocycles. The molecule has 0 N–H and O–H groups in total. The summed E-state index contributed by atoms with van der Waals surface area (Å²) in [5.41, 5.74) is 3.12. The van der Waals surface area contributed by atoms with Crippen LogP contribution in [0, 0.1) is 12.7 Å². The molecular formula is C24H21FN2OS2. The summed E-state index contributed by atoms with van der Waals surface area (Å²) >= 11 is 3.10. The Kier molecular flexibility index (Phi) is 6.45. The molecule has 0 aliphatic rings. The van der Waals surface area contributed by atoms with Gasteiger partial charge in [-0.25, -0.2) is 9.37 Å². The topological polar surface area (TPSA) is 33.2 Å². The minimum absolute atomic E-state index is 0.0326. The van der Waals surface area contributed by atoms with Crippen LogP contribution in [-0.4, -0.2) is 16.6 Å². The lowest BCUT2D eigenvalue weighted by Crippen LogP contribution is -2.30. The molecule has 0 unspecified atom stereocenters. The van der Waals surface area contributed by atoms with E-state index in [-0.39, 0.29) is 11.7 Å². The van der Waals surface area contributed by atoms with Gasteiger partial charge in [0, 0.05) is 17.1 Å². The Morgan fingerprint density at radius 3 is 2.53 bits per heavy atom. The van der Waals surface area contributed by atoms with Crippen LogP contribution in [-0.2, 0) is 11.3 Å². The molecule has 0 fully saturated rings. The number of fused-ring (bicyclic) bond motifs is 1. The number of halogens is 1. The van der Waals surface area contributed by atoms with E-state index in [1.165, 1.54) is 12.1 Å². The fourth-order valence-electron chi connectivity index (χ4n) is 3.14. The van der Waals surface area contributed by atoms with Gasteiger partial charge in [-0.2, -0.15) is 0 Å². The van der Waals surface area contributed by atoms with Crippen molar-refractivity contribution in [1.29, 1.82) is 0 Å². The fourth-order valence-corrected chi connectivity index (χ4v) is 5.04. The summed E-state index contributed by atoms with van der Waals surface area (Å²) in [6.07, 6.45) is 0.379. The van der Waals surface area contributed by atoms with Crippen molar-refractivity contribution in [3.63, 3.8) is 0 Å². The Balaban J connectivity index is 1.53. The number of para-hydroxylation sites is 1. The lowest BCUT2D eigenvalue weighted by molar-refractivity contribution is -0.118. The van der Waals surface area contributed by atoms with Crippen molar-refractivity contribution in [2.24, 2.45) is 0 Å². The van der Waals surface area contributed by atoms with E-state index in [0.717, 1.165) is 31.4 Å². The third kappa shape index (κ3) is 4.89. The van der Waals surface area contributed by atoms with E-state index in [4.69, 9.17) is 4.98 Å². The van der Waals surface area contributed by atoms with Crippen LogP contribution in [0.25, 0.3) is 10.2 Å². The second-order valence-electron chi connectivity index (χ2n) is 6.94. The molecule has 152 valence electrons. The zero-order valence-electron chi connectivity index (χ0n) is 16.5. The third-order valence-electron chi connectivity index (χ3n) is 4.72. The maximum absolute atomic E-state index is 13.2. The molecule has 6 heteroatoms. The second-order valence-corrected chi connectivity index (χ2v) is 9.11. The zero-order valence-corrected chi connectivity index (χ0v) is 18.2. The van der Waals surface area contributed by atoms with Gasteiger partial charge in [-0.1, -0.05) is 53.8 Å². The number of amides is 1. The molecule has 0 atom stereocenters. The molecular weight excluding hydrogens is 415 g/mol. The van der Waals surface area contributed by atoms with Crippen molar-refractivity contribution in [2.45, 2.75) is 24.8 Å². The number of rotatable bonds is 7. The molecule has 3 aromatic carbocycles. The number of benzene rings is 3. The van der Waals surface area contributed by atoms with Gasteiger partial charge in [0.2, 0.25) is 5.91 Å². The zero-order chi connectivity index (χ0) is 20.9. The Morgan fingerprint density at radius 2 is 1.80 bits per heavy atom. The van der Waals surface area contributed by atoms with Gasteiger partial charge in [0.1, 0.15) is 5.82 Å². The minimum Gasteiger partial charge on any atom is -0.284 e. The van der Waals surface area contributed by atoms with Crippen LogP contribution in [0.1, 0.15) is 17.5 Å². The van der Waals surface area contributed by atoms with Gasteiger partial charge in [0.05, 0.1) is 16.8 Å². The van der Waals surface area contributed by atoms with E-state index in [0.29, 0.717) is 18.7 Å². The molecule has 0 spiro atoms. The number of aryl methyl sites for hydroxylation is 1. The SMILES string of the molecule is Cc1cccc2sc(N(Cc3ccccc3)C(=O)CCSc3ccc(F)cc3)nc12. The van der Waals surface area contributed by atoms with E-state index in [2.05, 4.69) is 0 Å². The van der Waals surface area contributed by atoms with Crippen molar-refractivity contribution < 1.29 is 9.18 Å². The predicted molar refractivity (Wildman–Crippen MR) is 124 cm³/mol. The smallest absolute Gasteiger partial charge is 0.229 e. The highest BCUT2D eigenvalue weighted by Gasteiger charge is 2.20. The monoisotopic (exact) mass is 436 g/mol. The van der Waals surface area contributed by atoms with Crippen LogP contribution in [0.15, 0.2) is 77.7 Å². The first-order valence-electron chi connectivity index (χ1n) is 9.69. The van der Waals surface area contributed by atoms with Crippen LogP contribution >= 0.6 is 23.1 Å². The summed E-state index contributed by atoms with van der Waals surface area (Å²) in [6.45, 7) is 2.52. The van der Waals surface area contributed by atoms with Crippen LogP contribution in [0.4, 0.5) is 9.52 Å². The summed E-state index contributed by atoms with van der Waals surface area (Å²) in [5, 5.41) is 0.722. The van der Waals surface area contributed by atoms with E-state index in [1.807, 2.05) is 55.5 Å². The highest BCUT2D eigenvalue weighted by atomic mass is 32.2. The van der Waals surface area contributed by atoms with Crippen molar-refractivity contribution in [3.05, 3.63) is 89.7 Å². The number of hydrogen-bond donors (Lipinski definition) is 0. The molecule has 4 aromatic rings. The molecule has 0 aliphatic carbocycles. The number of aromatic nitrogens is 1. The maximum Gasteiger partial charge on any atom is 0.229 e. The molecule has 1 amide bonds. The average molecular weight is 437 g/mol. The average Bonchev–Trinajstić information content (AvgIpc) is 3.19. The van der Waals surface area contributed by atoms with Gasteiger partial charge in [-0.3, -0.25) is 9.69 Å². The molecule has 0 saturated carbocycles. The van der Waals surface area contributed by atoms with Gasteiger partial charge >= 0.3 is 0 Å². The Hall–Kier alpha value is -2.70. The standard InChI is InChI=1S/C24H21FN2OS2/c1-17-6-5-9-21-23(17)26-24(30-21)27(16-18-7-3-2-4-8-18)22(28)14-15-29-20-12-10-19(25)11-13-20/h2-13H,14-16H2,1H3. The number of hydrogen-bond acceptors (Lipinski definition) is 4. The first kappa shape index (κ1) is 20.6. The number of thiazole rings is 1. The van der Waals surface area contributed by atoms with E-state index >= 15 is 0 Å². The van der Waals surface area contributed by atoms with Gasteiger partial charge in [-0.05, 0) is 48.4 Å². The Labute approximate surface area is 183 Å². The largest absolute Gasteiger partial charge is 0.284 e. The molecule has 0 radical (unpaired) electrons. The predicted octanol–water partition coefficient (Wildman–Crippen LogP) is 6.46. The summed E-state index contributed by atoms with van der Waals surface area (Å²) < 4.78 is 14.2. The third-order valence-corrected chi connectivity index (χ3v) is 6.78. The van der Waals surface area contributed by atoms with Crippen molar-refractivity contribution in [3.8, 4) is 0 Å². The Bertz CT molecular complexity index is 1140. The van der Waals surface area contributed by atoms with Crippen LogP contribution < -0.4 is 4.90 Å². The van der Waals surface area contributed by atoms with Crippen LogP contribution in [0.5, 0.6) is 0 Å². The number of carbonyl (C=O) groups excluding carboxylic acids is 1. The number of carbonyl (C=O) groups is 1. The molecule has 0 bridgehead atoms. The van der Waals surface area contributed by atoms with E-state index in [1.54, 1.807) is 40.1 Å². The molecule has 0 saturated heterocycles. The van der Waals surface area contributed by atoms with E-state index in [9.17, 15) is 9.18 Å². The summed E-state index contributed by atoms with van der Waals surface area (Å²) in [6, 6.07) is 22.4. The lowest BCUT2D eigenvalue weighted by Gasteiger charge is -2.20. The highest BCUT2D eigenvalue weighted by molar-refractivity contribution is 7.99. The first-order chi connectivity index (χ1) is 14.6. The quantitative estimate of drug-likeness (QED) is 0.312. The first-order valence-corrected chi connectivity index (χ1v) is 11.5. The van der Waals surface area contributed by atoms with Crippen molar-refractivity contribution >= 4 is 44.4 Å². The van der Waals surface area contributed by atoms with Crippen LogP contribution in [0.3, 0.4) is 0 Å². The normalized spacial score (nSPS) is 11.0. The number of nitrogens with zero attached hydrogens (tertiary/aromatic N) is 2. The van der Waals surface area contributed by atoms with Gasteiger partial charge in [0.15, 0.2) is 5.13 Å². The molecule has 1 aromatic heterocycles. The number of anilines is 1. The molecule has 0 aliphatic heterocycles. The second kappa shape index (κ2) is 9.41.